The highest BCUT2D eigenvalue weighted by Gasteiger charge is 2.36. The van der Waals surface area contributed by atoms with Crippen LogP contribution < -0.4 is 11.1 Å². The average molecular weight is 297 g/mol. The van der Waals surface area contributed by atoms with Crippen LogP contribution in [0.3, 0.4) is 0 Å². The molecule has 4 N–H and O–H groups in total. The highest BCUT2D eigenvalue weighted by atomic mass is 16.3. The number of hydrogen-bond donors (Lipinski definition) is 3. The first-order valence-corrected chi connectivity index (χ1v) is 8.93. The summed E-state index contributed by atoms with van der Waals surface area (Å²) in [5.41, 5.74) is 6.27. The van der Waals surface area contributed by atoms with E-state index in [-0.39, 0.29) is 5.54 Å². The van der Waals surface area contributed by atoms with Crippen LogP contribution in [-0.4, -0.2) is 53.9 Å². The molecule has 4 heteroatoms. The molecule has 1 saturated heterocycles. The van der Waals surface area contributed by atoms with Gasteiger partial charge in [0.05, 0.1) is 0 Å². The summed E-state index contributed by atoms with van der Waals surface area (Å²) < 4.78 is 0. The van der Waals surface area contributed by atoms with Gasteiger partial charge in [-0.15, -0.1) is 0 Å². The number of likely N-dealkylation sites (tertiary alicyclic amines) is 1. The van der Waals surface area contributed by atoms with Gasteiger partial charge < -0.3 is 21.1 Å². The Morgan fingerprint density at radius 1 is 1.19 bits per heavy atom. The van der Waals surface area contributed by atoms with Crippen molar-refractivity contribution in [3.63, 3.8) is 0 Å². The van der Waals surface area contributed by atoms with Gasteiger partial charge in [0.2, 0.25) is 0 Å². The van der Waals surface area contributed by atoms with Crippen LogP contribution in [0.15, 0.2) is 0 Å². The zero-order valence-corrected chi connectivity index (χ0v) is 14.0. The van der Waals surface area contributed by atoms with Gasteiger partial charge in [0.15, 0.2) is 0 Å². The van der Waals surface area contributed by atoms with Crippen molar-refractivity contribution < 1.29 is 5.11 Å². The van der Waals surface area contributed by atoms with E-state index < -0.39 is 0 Å². The molecule has 124 valence electrons. The molecule has 4 nitrogen and oxygen atoms in total. The molecule has 0 aromatic heterocycles. The fraction of sp³-hybridized carbons (Fsp3) is 1.00. The third-order valence-electron chi connectivity index (χ3n) is 5.73. The van der Waals surface area contributed by atoms with Crippen molar-refractivity contribution in [1.29, 1.82) is 0 Å². The first-order valence-electron chi connectivity index (χ1n) is 8.93. The van der Waals surface area contributed by atoms with Gasteiger partial charge in [0.1, 0.15) is 0 Å². The summed E-state index contributed by atoms with van der Waals surface area (Å²) >= 11 is 0. The van der Waals surface area contributed by atoms with Gasteiger partial charge >= 0.3 is 0 Å². The lowest BCUT2D eigenvalue weighted by Gasteiger charge is -2.41. The first kappa shape index (κ1) is 17.2. The lowest BCUT2D eigenvalue weighted by molar-refractivity contribution is 0.121. The predicted octanol–water partition coefficient (Wildman–Crippen LogP) is 1.72. The maximum Gasteiger partial charge on any atom is 0.0474 e. The normalized spacial score (nSPS) is 35.9. The molecule has 3 unspecified atom stereocenters. The Kier molecular flexibility index (Phi) is 6.48. The molecule has 1 heterocycles. The van der Waals surface area contributed by atoms with Crippen molar-refractivity contribution in [1.82, 2.24) is 10.2 Å². The lowest BCUT2D eigenvalue weighted by atomic mass is 9.81. The number of rotatable bonds is 5. The standard InChI is InChI=1S/C17H35N3O/c1-14(2)20-10-5-8-17(13-18,9-11-20)19-16-7-4-3-6-15(16)12-21/h14-16,19,21H,3-13,18H2,1-2H3. The SMILES string of the molecule is CC(C)N1CCCC(CN)(NC2CCCCC2CO)CC1. The van der Waals surface area contributed by atoms with Gasteiger partial charge in [-0.1, -0.05) is 12.8 Å². The van der Waals surface area contributed by atoms with E-state index in [9.17, 15) is 5.11 Å². The van der Waals surface area contributed by atoms with Gasteiger partial charge in [-0.25, -0.2) is 0 Å². The second kappa shape index (κ2) is 7.91. The molecule has 0 radical (unpaired) electrons. The van der Waals surface area contributed by atoms with Crippen LogP contribution in [0.2, 0.25) is 0 Å². The van der Waals surface area contributed by atoms with Crippen LogP contribution >= 0.6 is 0 Å². The molecule has 2 fully saturated rings. The Morgan fingerprint density at radius 3 is 2.62 bits per heavy atom. The Labute approximate surface area is 130 Å². The van der Waals surface area contributed by atoms with Gasteiger partial charge in [-0.2, -0.15) is 0 Å². The molecule has 0 spiro atoms. The van der Waals surface area contributed by atoms with E-state index in [1.54, 1.807) is 0 Å². The lowest BCUT2D eigenvalue weighted by Crippen LogP contribution is -2.58. The first-order chi connectivity index (χ1) is 10.1. The van der Waals surface area contributed by atoms with E-state index in [2.05, 4.69) is 24.1 Å². The summed E-state index contributed by atoms with van der Waals surface area (Å²) in [6, 6.07) is 1.08. The zero-order valence-electron chi connectivity index (χ0n) is 14.0. The maximum absolute atomic E-state index is 9.64. The number of nitrogens with two attached hydrogens (primary N) is 1. The molecule has 0 bridgehead atoms. The van der Waals surface area contributed by atoms with Crippen LogP contribution in [0, 0.1) is 5.92 Å². The Bertz CT molecular complexity index is 310. The maximum atomic E-state index is 9.64. The molecular formula is C17H35N3O. The van der Waals surface area contributed by atoms with Gasteiger partial charge in [0.25, 0.3) is 0 Å². The van der Waals surface area contributed by atoms with E-state index in [1.165, 1.54) is 38.6 Å². The second-order valence-corrected chi connectivity index (χ2v) is 7.45. The molecule has 1 aliphatic carbocycles. The monoisotopic (exact) mass is 297 g/mol. The summed E-state index contributed by atoms with van der Waals surface area (Å²) in [7, 11) is 0. The smallest absolute Gasteiger partial charge is 0.0474 e. The van der Waals surface area contributed by atoms with Crippen molar-refractivity contribution in [2.45, 2.75) is 76.4 Å². The average Bonchev–Trinajstić information content (AvgIpc) is 2.71. The van der Waals surface area contributed by atoms with Crippen molar-refractivity contribution in [3.05, 3.63) is 0 Å². The Hall–Kier alpha value is -0.160. The van der Waals surface area contributed by atoms with E-state index in [1.807, 2.05) is 0 Å². The van der Waals surface area contributed by atoms with Gasteiger partial charge in [-0.3, -0.25) is 0 Å². The van der Waals surface area contributed by atoms with E-state index in [0.29, 0.717) is 31.2 Å². The molecule has 1 aliphatic heterocycles. The molecular weight excluding hydrogens is 262 g/mol. The zero-order chi connectivity index (χ0) is 15.3. The van der Waals surface area contributed by atoms with Crippen molar-refractivity contribution >= 4 is 0 Å². The summed E-state index contributed by atoms with van der Waals surface area (Å²) in [6.45, 7) is 7.93. The molecule has 0 aromatic carbocycles. The third kappa shape index (κ3) is 4.41. The van der Waals surface area contributed by atoms with Gasteiger partial charge in [0, 0.05) is 37.3 Å². The number of nitrogens with zero attached hydrogens (tertiary/aromatic N) is 1. The Morgan fingerprint density at radius 2 is 1.95 bits per heavy atom. The van der Waals surface area contributed by atoms with Crippen LogP contribution in [-0.2, 0) is 0 Å². The van der Waals surface area contributed by atoms with Crippen molar-refractivity contribution in [2.24, 2.45) is 11.7 Å². The number of nitrogens with one attached hydrogen (secondary N) is 1. The molecule has 2 rings (SSSR count). The van der Waals surface area contributed by atoms with Crippen molar-refractivity contribution in [3.8, 4) is 0 Å². The fourth-order valence-corrected chi connectivity index (χ4v) is 4.15. The number of aliphatic hydroxyl groups is 1. The molecule has 21 heavy (non-hydrogen) atoms. The molecule has 0 amide bonds. The summed E-state index contributed by atoms with van der Waals surface area (Å²) in [4.78, 5) is 2.57. The molecule has 1 saturated carbocycles. The second-order valence-electron chi connectivity index (χ2n) is 7.45. The van der Waals surface area contributed by atoms with Gasteiger partial charge in [-0.05, 0) is 58.4 Å². The summed E-state index contributed by atoms with van der Waals surface area (Å²) in [5, 5.41) is 13.5. The highest BCUT2D eigenvalue weighted by molar-refractivity contribution is 4.97. The van der Waals surface area contributed by atoms with E-state index in [0.717, 1.165) is 19.4 Å². The van der Waals surface area contributed by atoms with E-state index in [4.69, 9.17) is 5.73 Å². The van der Waals surface area contributed by atoms with Crippen LogP contribution in [0.4, 0.5) is 0 Å². The summed E-state index contributed by atoms with van der Waals surface area (Å²) in [6.07, 6.45) is 8.43. The van der Waals surface area contributed by atoms with Crippen LogP contribution in [0.25, 0.3) is 0 Å². The van der Waals surface area contributed by atoms with Crippen molar-refractivity contribution in [2.75, 3.05) is 26.2 Å². The quantitative estimate of drug-likeness (QED) is 0.723. The predicted molar refractivity (Wildman–Crippen MR) is 88.3 cm³/mol. The number of aliphatic hydroxyl groups excluding tert-OH is 1. The highest BCUT2D eigenvalue weighted by Crippen LogP contribution is 2.29. The topological polar surface area (TPSA) is 61.5 Å². The molecule has 0 aromatic rings. The van der Waals surface area contributed by atoms with Crippen LogP contribution in [0.1, 0.15) is 58.8 Å². The summed E-state index contributed by atoms with van der Waals surface area (Å²) in [5.74, 6) is 0.423. The van der Waals surface area contributed by atoms with Crippen LogP contribution in [0.5, 0.6) is 0 Å². The molecule has 3 atom stereocenters. The largest absolute Gasteiger partial charge is 0.396 e. The Balaban J connectivity index is 2.00. The molecule has 2 aliphatic rings. The minimum Gasteiger partial charge on any atom is -0.396 e. The third-order valence-corrected chi connectivity index (χ3v) is 5.73. The fourth-order valence-electron chi connectivity index (χ4n) is 4.15. The minimum atomic E-state index is 0.0824. The minimum absolute atomic E-state index is 0.0824. The number of hydrogen-bond acceptors (Lipinski definition) is 4. The van der Waals surface area contributed by atoms with E-state index >= 15 is 0 Å².